The van der Waals surface area contributed by atoms with E-state index in [0.29, 0.717) is 16.6 Å². The van der Waals surface area contributed by atoms with Gasteiger partial charge in [0.15, 0.2) is 0 Å². The van der Waals surface area contributed by atoms with Gasteiger partial charge in [-0.2, -0.15) is 5.26 Å². The van der Waals surface area contributed by atoms with E-state index in [-0.39, 0.29) is 0 Å². The van der Waals surface area contributed by atoms with E-state index >= 15 is 0 Å². The van der Waals surface area contributed by atoms with Gasteiger partial charge >= 0.3 is 0 Å². The minimum Gasteiger partial charge on any atom is -0.381 e. The Balaban J connectivity index is 2.11. The molecule has 3 heteroatoms. The van der Waals surface area contributed by atoms with Crippen LogP contribution in [-0.2, 0) is 0 Å². The zero-order valence-electron chi connectivity index (χ0n) is 9.17. The van der Waals surface area contributed by atoms with Crippen molar-refractivity contribution in [1.82, 2.24) is 0 Å². The predicted molar refractivity (Wildman–Crippen MR) is 66.7 cm³/mol. The zero-order chi connectivity index (χ0) is 11.4. The molecule has 2 nitrogen and oxygen atoms in total. The summed E-state index contributed by atoms with van der Waals surface area (Å²) in [5.41, 5.74) is 1.55. The summed E-state index contributed by atoms with van der Waals surface area (Å²) in [6.07, 6.45) is 6.31. The second-order valence-corrected chi connectivity index (χ2v) is 4.72. The van der Waals surface area contributed by atoms with Gasteiger partial charge in [0.1, 0.15) is 6.07 Å². The smallest absolute Gasteiger partial charge is 0.101 e. The van der Waals surface area contributed by atoms with Gasteiger partial charge in [0.25, 0.3) is 0 Å². The van der Waals surface area contributed by atoms with E-state index in [9.17, 15) is 0 Å². The Bertz CT molecular complexity index is 403. The van der Waals surface area contributed by atoms with Gasteiger partial charge in [-0.1, -0.05) is 30.9 Å². The number of nitrogens with zero attached hydrogens (tertiary/aromatic N) is 1. The summed E-state index contributed by atoms with van der Waals surface area (Å²) in [5, 5.41) is 13.1. The molecule has 0 amide bonds. The molecule has 0 aromatic heterocycles. The summed E-state index contributed by atoms with van der Waals surface area (Å²) in [6.45, 7) is 0. The Labute approximate surface area is 101 Å². The highest BCUT2D eigenvalue weighted by Crippen LogP contribution is 2.25. The van der Waals surface area contributed by atoms with Gasteiger partial charge in [0.05, 0.1) is 11.3 Å². The van der Waals surface area contributed by atoms with Crippen LogP contribution in [0.15, 0.2) is 18.2 Å². The van der Waals surface area contributed by atoms with Crippen molar-refractivity contribution in [2.75, 3.05) is 5.32 Å². The van der Waals surface area contributed by atoms with Crippen LogP contribution in [0.3, 0.4) is 0 Å². The molecule has 1 saturated carbocycles. The first kappa shape index (κ1) is 11.3. The maximum Gasteiger partial charge on any atom is 0.101 e. The summed E-state index contributed by atoms with van der Waals surface area (Å²) < 4.78 is 0. The highest BCUT2D eigenvalue weighted by Gasteiger charge is 2.14. The van der Waals surface area contributed by atoms with Crippen LogP contribution < -0.4 is 5.32 Å². The zero-order valence-corrected chi connectivity index (χ0v) is 9.93. The molecule has 2 rings (SSSR count). The third-order valence-electron chi connectivity index (χ3n) is 3.07. The molecule has 0 atom stereocenters. The molecule has 1 aliphatic carbocycles. The molecule has 1 aromatic rings. The molecule has 0 bridgehead atoms. The monoisotopic (exact) mass is 234 g/mol. The number of nitrogens with one attached hydrogen (secondary N) is 1. The first-order valence-electron chi connectivity index (χ1n) is 5.76. The number of anilines is 1. The summed E-state index contributed by atoms with van der Waals surface area (Å²) >= 11 is 5.86. The molecule has 0 saturated heterocycles. The van der Waals surface area contributed by atoms with Crippen LogP contribution in [0.1, 0.15) is 37.7 Å². The van der Waals surface area contributed by atoms with E-state index in [0.717, 1.165) is 5.69 Å². The van der Waals surface area contributed by atoms with E-state index in [4.69, 9.17) is 16.9 Å². The first-order chi connectivity index (χ1) is 7.79. The molecule has 0 radical (unpaired) electrons. The van der Waals surface area contributed by atoms with Gasteiger partial charge in [-0.3, -0.25) is 0 Å². The molecular weight excluding hydrogens is 220 g/mol. The molecular formula is C13H15ClN2. The van der Waals surface area contributed by atoms with E-state index in [2.05, 4.69) is 11.4 Å². The van der Waals surface area contributed by atoms with Crippen molar-refractivity contribution in [3.63, 3.8) is 0 Å². The van der Waals surface area contributed by atoms with Crippen molar-refractivity contribution < 1.29 is 0 Å². The largest absolute Gasteiger partial charge is 0.381 e. The molecule has 1 aliphatic rings. The van der Waals surface area contributed by atoms with Crippen molar-refractivity contribution in [2.45, 2.75) is 38.1 Å². The highest BCUT2D eigenvalue weighted by atomic mass is 35.5. The maximum absolute atomic E-state index is 9.02. The minimum atomic E-state index is 0.516. The van der Waals surface area contributed by atoms with Gasteiger partial charge < -0.3 is 5.32 Å². The normalized spacial score (nSPS) is 16.8. The lowest BCUT2D eigenvalue weighted by molar-refractivity contribution is 0.462. The number of benzene rings is 1. The predicted octanol–water partition coefficient (Wildman–Crippen LogP) is 3.96. The van der Waals surface area contributed by atoms with E-state index < -0.39 is 0 Å². The third kappa shape index (κ3) is 2.68. The van der Waals surface area contributed by atoms with Crippen molar-refractivity contribution in [3.05, 3.63) is 28.8 Å². The lowest BCUT2D eigenvalue weighted by Gasteiger charge is -2.24. The first-order valence-corrected chi connectivity index (χ1v) is 6.13. The second kappa shape index (κ2) is 5.23. The SMILES string of the molecule is N#Cc1cc(Cl)ccc1NC1CCCCC1. The van der Waals surface area contributed by atoms with Gasteiger partial charge in [-0.05, 0) is 31.0 Å². The molecule has 1 fully saturated rings. The van der Waals surface area contributed by atoms with Gasteiger partial charge in [0, 0.05) is 11.1 Å². The fourth-order valence-electron chi connectivity index (χ4n) is 2.20. The molecule has 0 unspecified atom stereocenters. The fraction of sp³-hybridized carbons (Fsp3) is 0.462. The standard InChI is InChI=1S/C13H15ClN2/c14-11-6-7-13(10(8-11)9-15)16-12-4-2-1-3-5-12/h6-8,12,16H,1-5H2. The Morgan fingerprint density at radius 3 is 2.69 bits per heavy atom. The highest BCUT2D eigenvalue weighted by molar-refractivity contribution is 6.30. The number of nitriles is 1. The fourth-order valence-corrected chi connectivity index (χ4v) is 2.37. The van der Waals surface area contributed by atoms with Crippen LogP contribution in [0.4, 0.5) is 5.69 Å². The third-order valence-corrected chi connectivity index (χ3v) is 3.30. The Morgan fingerprint density at radius 1 is 1.25 bits per heavy atom. The average molecular weight is 235 g/mol. The molecule has 0 heterocycles. The summed E-state index contributed by atoms with van der Waals surface area (Å²) in [5.74, 6) is 0. The van der Waals surface area contributed by atoms with Gasteiger partial charge in [-0.15, -0.1) is 0 Å². The lowest BCUT2D eigenvalue weighted by Crippen LogP contribution is -2.22. The quantitative estimate of drug-likeness (QED) is 0.841. The molecule has 1 aromatic carbocycles. The van der Waals surface area contributed by atoms with Crippen molar-refractivity contribution in [3.8, 4) is 6.07 Å². The van der Waals surface area contributed by atoms with Crippen LogP contribution in [0.2, 0.25) is 5.02 Å². The van der Waals surface area contributed by atoms with Crippen LogP contribution in [0, 0.1) is 11.3 Å². The second-order valence-electron chi connectivity index (χ2n) is 4.28. The molecule has 1 N–H and O–H groups in total. The summed E-state index contributed by atoms with van der Waals surface area (Å²) in [7, 11) is 0. The van der Waals surface area contributed by atoms with E-state index in [1.54, 1.807) is 6.07 Å². The topological polar surface area (TPSA) is 35.8 Å². The number of hydrogen-bond donors (Lipinski definition) is 1. The molecule has 0 aliphatic heterocycles. The van der Waals surface area contributed by atoms with E-state index in [1.165, 1.54) is 32.1 Å². The van der Waals surface area contributed by atoms with Crippen LogP contribution >= 0.6 is 11.6 Å². The summed E-state index contributed by atoms with van der Waals surface area (Å²) in [4.78, 5) is 0. The van der Waals surface area contributed by atoms with Crippen molar-refractivity contribution in [2.24, 2.45) is 0 Å². The maximum atomic E-state index is 9.02. The summed E-state index contributed by atoms with van der Waals surface area (Å²) in [6, 6.07) is 8.14. The number of rotatable bonds is 2. The van der Waals surface area contributed by atoms with Gasteiger partial charge in [-0.25, -0.2) is 0 Å². The Morgan fingerprint density at radius 2 is 2.00 bits per heavy atom. The number of hydrogen-bond acceptors (Lipinski definition) is 2. The van der Waals surface area contributed by atoms with Crippen molar-refractivity contribution >= 4 is 17.3 Å². The van der Waals surface area contributed by atoms with Gasteiger partial charge in [0.2, 0.25) is 0 Å². The average Bonchev–Trinajstić information content (AvgIpc) is 2.33. The van der Waals surface area contributed by atoms with E-state index in [1.807, 2.05) is 12.1 Å². The lowest BCUT2D eigenvalue weighted by atomic mass is 9.95. The Hall–Kier alpha value is -1.20. The molecule has 84 valence electrons. The number of halogens is 1. The molecule has 0 spiro atoms. The Kier molecular flexibility index (Phi) is 3.69. The minimum absolute atomic E-state index is 0.516. The van der Waals surface area contributed by atoms with Crippen LogP contribution in [0.25, 0.3) is 0 Å². The molecule has 16 heavy (non-hydrogen) atoms. The van der Waals surface area contributed by atoms with Crippen LogP contribution in [0.5, 0.6) is 0 Å². The van der Waals surface area contributed by atoms with Crippen LogP contribution in [-0.4, -0.2) is 6.04 Å². The van der Waals surface area contributed by atoms with Crippen molar-refractivity contribution in [1.29, 1.82) is 5.26 Å².